The van der Waals surface area contributed by atoms with Gasteiger partial charge < -0.3 is 10.3 Å². The van der Waals surface area contributed by atoms with E-state index < -0.39 is 0 Å². The van der Waals surface area contributed by atoms with Crippen LogP contribution < -0.4 is 10.9 Å². The van der Waals surface area contributed by atoms with E-state index in [0.717, 1.165) is 48.0 Å². The van der Waals surface area contributed by atoms with Crippen molar-refractivity contribution in [2.24, 2.45) is 0 Å². The molecule has 0 atom stereocenters. The van der Waals surface area contributed by atoms with E-state index in [4.69, 9.17) is 4.98 Å². The summed E-state index contributed by atoms with van der Waals surface area (Å²) in [6.07, 6.45) is 7.01. The maximum atomic E-state index is 12.6. The number of amides is 1. The Hall–Kier alpha value is -2.12. The molecule has 0 radical (unpaired) electrons. The highest BCUT2D eigenvalue weighted by Gasteiger charge is 2.19. The smallest absolute Gasteiger partial charge is 0.259 e. The third-order valence-electron chi connectivity index (χ3n) is 5.36. The van der Waals surface area contributed by atoms with Crippen LogP contribution in [0, 0.1) is 0 Å². The fourth-order valence-corrected chi connectivity index (χ4v) is 5.96. The van der Waals surface area contributed by atoms with Crippen LogP contribution in [0.5, 0.6) is 0 Å². The first-order valence-corrected chi connectivity index (χ1v) is 12.6. The largest absolute Gasteiger partial charge is 0.326 e. The molecule has 7 heteroatoms. The second-order valence-electron chi connectivity index (χ2n) is 7.70. The Labute approximate surface area is 184 Å². The van der Waals surface area contributed by atoms with E-state index in [0.29, 0.717) is 23.8 Å². The van der Waals surface area contributed by atoms with Gasteiger partial charge in [0, 0.05) is 22.7 Å². The highest BCUT2D eigenvalue weighted by molar-refractivity contribution is 7.98. The molecule has 0 saturated heterocycles. The fraction of sp³-hybridized carbons (Fsp3) is 0.435. The number of carbonyl (C=O) groups is 1. The normalized spacial score (nSPS) is 13.4. The number of aryl methyl sites for hydroxylation is 3. The average Bonchev–Trinajstić information content (AvgIpc) is 3.12. The van der Waals surface area contributed by atoms with E-state index in [-0.39, 0.29) is 11.5 Å². The summed E-state index contributed by atoms with van der Waals surface area (Å²) in [5.41, 5.74) is 3.33. The molecule has 1 aliphatic carbocycles. The highest BCUT2D eigenvalue weighted by atomic mass is 32.2. The van der Waals surface area contributed by atoms with Crippen molar-refractivity contribution in [2.45, 2.75) is 57.6 Å². The molecule has 2 N–H and O–H groups in total. The lowest BCUT2D eigenvalue weighted by Gasteiger charge is -2.09. The Kier molecular flexibility index (Phi) is 6.89. The van der Waals surface area contributed by atoms with E-state index in [1.807, 2.05) is 12.1 Å². The number of hydrogen-bond acceptors (Lipinski definition) is 5. The molecule has 4 rings (SSSR count). The summed E-state index contributed by atoms with van der Waals surface area (Å²) in [6, 6.07) is 8.05. The zero-order valence-corrected chi connectivity index (χ0v) is 18.9. The number of rotatable bonds is 8. The van der Waals surface area contributed by atoms with Gasteiger partial charge in [0.25, 0.3) is 5.56 Å². The van der Waals surface area contributed by atoms with Crippen LogP contribution in [0.25, 0.3) is 10.2 Å². The summed E-state index contributed by atoms with van der Waals surface area (Å²) in [4.78, 5) is 34.6. The van der Waals surface area contributed by atoms with Gasteiger partial charge in [0.1, 0.15) is 10.7 Å². The number of aromatic nitrogens is 2. The van der Waals surface area contributed by atoms with Crippen LogP contribution in [0.1, 0.15) is 54.4 Å². The molecule has 1 amide bonds. The number of thioether (sulfide) groups is 1. The molecule has 2 aromatic heterocycles. The monoisotopic (exact) mass is 441 g/mol. The van der Waals surface area contributed by atoms with Crippen LogP contribution in [0.15, 0.2) is 29.1 Å². The molecular weight excluding hydrogens is 414 g/mol. The van der Waals surface area contributed by atoms with Gasteiger partial charge in [-0.25, -0.2) is 4.98 Å². The minimum atomic E-state index is -0.0146. The van der Waals surface area contributed by atoms with Gasteiger partial charge in [-0.15, -0.1) is 11.3 Å². The van der Waals surface area contributed by atoms with E-state index in [1.165, 1.54) is 22.4 Å². The van der Waals surface area contributed by atoms with Gasteiger partial charge in [-0.05, 0) is 55.4 Å². The van der Waals surface area contributed by atoms with Gasteiger partial charge in [0.15, 0.2) is 0 Å². The summed E-state index contributed by atoms with van der Waals surface area (Å²) in [5, 5.41) is 3.75. The summed E-state index contributed by atoms with van der Waals surface area (Å²) in [5.74, 6) is 1.99. The number of nitrogens with zero attached hydrogens (tertiary/aromatic N) is 1. The molecule has 30 heavy (non-hydrogen) atoms. The first-order chi connectivity index (χ1) is 14.6. The van der Waals surface area contributed by atoms with E-state index in [2.05, 4.69) is 29.4 Å². The molecule has 1 aliphatic rings. The van der Waals surface area contributed by atoms with Crippen molar-refractivity contribution in [1.29, 1.82) is 0 Å². The van der Waals surface area contributed by atoms with Gasteiger partial charge in [-0.2, -0.15) is 11.8 Å². The molecule has 3 aromatic rings. The lowest BCUT2D eigenvalue weighted by Crippen LogP contribution is -2.13. The molecular formula is C23H27N3O2S2. The Morgan fingerprint density at radius 2 is 2.03 bits per heavy atom. The summed E-state index contributed by atoms with van der Waals surface area (Å²) in [7, 11) is 0. The van der Waals surface area contributed by atoms with Crippen LogP contribution in [0.4, 0.5) is 5.69 Å². The number of carbonyl (C=O) groups excluding carboxylic acids is 1. The maximum Gasteiger partial charge on any atom is 0.259 e. The van der Waals surface area contributed by atoms with Crippen LogP contribution in [-0.4, -0.2) is 21.6 Å². The van der Waals surface area contributed by atoms with Gasteiger partial charge in [-0.3, -0.25) is 9.59 Å². The SMILES string of the molecule is CCCc1ccc(NC(=O)CCSCc2nc3sc4c(c3c(=O)[nH]2)CCCC4)cc1. The molecule has 0 fully saturated rings. The second kappa shape index (κ2) is 9.79. The van der Waals surface area contributed by atoms with Crippen molar-refractivity contribution in [1.82, 2.24) is 9.97 Å². The lowest BCUT2D eigenvalue weighted by atomic mass is 9.97. The van der Waals surface area contributed by atoms with Crippen LogP contribution in [0.2, 0.25) is 0 Å². The average molecular weight is 442 g/mol. The van der Waals surface area contributed by atoms with Crippen molar-refractivity contribution in [3.05, 3.63) is 56.4 Å². The van der Waals surface area contributed by atoms with Gasteiger partial charge in [0.05, 0.1) is 11.1 Å². The van der Waals surface area contributed by atoms with Crippen molar-refractivity contribution < 1.29 is 4.79 Å². The first-order valence-electron chi connectivity index (χ1n) is 10.6. The molecule has 0 unspecified atom stereocenters. The zero-order valence-electron chi connectivity index (χ0n) is 17.3. The Bertz CT molecular complexity index is 1090. The predicted molar refractivity (Wildman–Crippen MR) is 127 cm³/mol. The summed E-state index contributed by atoms with van der Waals surface area (Å²) >= 11 is 3.29. The fourth-order valence-electron chi connectivity index (χ4n) is 3.88. The standard InChI is InChI=1S/C23H27N3O2S2/c1-2-5-15-8-10-16(11-9-15)24-20(27)12-13-29-14-19-25-22(28)21-17-6-3-4-7-18(17)30-23(21)26-19/h8-11H,2-7,12-14H2,1H3,(H,24,27)(H,25,26,28). The second-order valence-corrected chi connectivity index (χ2v) is 9.89. The number of hydrogen-bond donors (Lipinski definition) is 2. The number of thiophene rings is 1. The van der Waals surface area contributed by atoms with E-state index >= 15 is 0 Å². The van der Waals surface area contributed by atoms with Crippen molar-refractivity contribution >= 4 is 44.9 Å². The topological polar surface area (TPSA) is 74.8 Å². The molecule has 2 heterocycles. The van der Waals surface area contributed by atoms with Crippen molar-refractivity contribution in [3.8, 4) is 0 Å². The summed E-state index contributed by atoms with van der Waals surface area (Å²) in [6.45, 7) is 2.16. The molecule has 0 aliphatic heterocycles. The third-order valence-corrected chi connectivity index (χ3v) is 7.52. The highest BCUT2D eigenvalue weighted by Crippen LogP contribution is 2.33. The third kappa shape index (κ3) is 4.95. The van der Waals surface area contributed by atoms with E-state index in [1.54, 1.807) is 23.1 Å². The first kappa shape index (κ1) is 21.1. The Balaban J connectivity index is 1.28. The van der Waals surface area contributed by atoms with Crippen molar-refractivity contribution in [3.63, 3.8) is 0 Å². The van der Waals surface area contributed by atoms with Crippen LogP contribution >= 0.6 is 23.1 Å². The quantitative estimate of drug-likeness (QED) is 0.478. The van der Waals surface area contributed by atoms with Crippen molar-refractivity contribution in [2.75, 3.05) is 11.1 Å². The molecule has 1 aromatic carbocycles. The number of aromatic amines is 1. The van der Waals surface area contributed by atoms with Crippen LogP contribution in [0.3, 0.4) is 0 Å². The number of H-pyrrole nitrogens is 1. The van der Waals surface area contributed by atoms with Gasteiger partial charge in [-0.1, -0.05) is 25.5 Å². The van der Waals surface area contributed by atoms with E-state index in [9.17, 15) is 9.59 Å². The minimum Gasteiger partial charge on any atom is -0.326 e. The number of anilines is 1. The molecule has 0 spiro atoms. The Morgan fingerprint density at radius 3 is 2.83 bits per heavy atom. The number of benzene rings is 1. The molecule has 5 nitrogen and oxygen atoms in total. The zero-order chi connectivity index (χ0) is 20.9. The molecule has 0 saturated carbocycles. The molecule has 0 bridgehead atoms. The minimum absolute atomic E-state index is 0.00794. The van der Waals surface area contributed by atoms with Crippen LogP contribution in [-0.2, 0) is 29.8 Å². The lowest BCUT2D eigenvalue weighted by molar-refractivity contribution is -0.115. The Morgan fingerprint density at radius 1 is 1.23 bits per heavy atom. The maximum absolute atomic E-state index is 12.6. The molecule has 158 valence electrons. The summed E-state index contributed by atoms with van der Waals surface area (Å²) < 4.78 is 0. The van der Waals surface area contributed by atoms with Gasteiger partial charge >= 0.3 is 0 Å². The number of nitrogens with one attached hydrogen (secondary N) is 2. The number of fused-ring (bicyclic) bond motifs is 3. The predicted octanol–water partition coefficient (Wildman–Crippen LogP) is 5.08. The van der Waals surface area contributed by atoms with Gasteiger partial charge in [0.2, 0.25) is 5.91 Å².